The van der Waals surface area contributed by atoms with Gasteiger partial charge in [0, 0.05) is 5.56 Å². The summed E-state index contributed by atoms with van der Waals surface area (Å²) in [6.07, 6.45) is -2.65. The molecule has 2 aromatic carbocycles. The molecule has 2 aromatic rings. The van der Waals surface area contributed by atoms with Crippen molar-refractivity contribution in [1.82, 2.24) is 0 Å². The molecule has 0 fully saturated rings. The first kappa shape index (κ1) is 19.1. The second-order valence-electron chi connectivity index (χ2n) is 6.37. The molecule has 0 aromatic heterocycles. The third-order valence-electron chi connectivity index (χ3n) is 3.35. The van der Waals surface area contributed by atoms with Crippen molar-refractivity contribution in [1.29, 1.82) is 0 Å². The van der Waals surface area contributed by atoms with E-state index in [0.29, 0.717) is 6.04 Å². The first-order valence-corrected chi connectivity index (χ1v) is 10.1. The van der Waals surface area contributed by atoms with Gasteiger partial charge in [-0.3, -0.25) is 0 Å². The van der Waals surface area contributed by atoms with Gasteiger partial charge in [-0.1, -0.05) is 87.7 Å². The van der Waals surface area contributed by atoms with Gasteiger partial charge >= 0.3 is 0 Å². The Morgan fingerprint density at radius 2 is 1.36 bits per heavy atom. The summed E-state index contributed by atoms with van der Waals surface area (Å²) in [4.78, 5) is 12.3. The summed E-state index contributed by atoms with van der Waals surface area (Å²) in [5, 5.41) is 0.460. The first-order chi connectivity index (χ1) is 10.2. The molecule has 0 amide bonds. The molecule has 2 rings (SSSR count). The van der Waals surface area contributed by atoms with Gasteiger partial charge in [0.2, 0.25) is 0 Å². The highest BCUT2D eigenvalue weighted by molar-refractivity contribution is 8.15. The van der Waals surface area contributed by atoms with Gasteiger partial charge in [0.1, 0.15) is 6.04 Å². The molecule has 3 N–H and O–H groups in total. The van der Waals surface area contributed by atoms with Crippen LogP contribution < -0.4 is 15.9 Å². The molecule has 0 heterocycles. The van der Waals surface area contributed by atoms with Crippen LogP contribution in [-0.2, 0) is 11.8 Å². The van der Waals surface area contributed by atoms with E-state index in [1.165, 1.54) is 5.56 Å². The minimum absolute atomic E-state index is 0.330. The molecule has 4 heteroatoms. The normalized spacial score (nSPS) is 15.2. The molecule has 0 bridgehead atoms. The smallest absolute Gasteiger partial charge is 0.107 e. The molecule has 0 saturated carbocycles. The van der Waals surface area contributed by atoms with Crippen LogP contribution in [0, 0.1) is 0 Å². The summed E-state index contributed by atoms with van der Waals surface area (Å²) in [5.41, 5.74) is 5.21. The van der Waals surface area contributed by atoms with Gasteiger partial charge in [0.15, 0.2) is 0 Å². The minimum Gasteiger partial charge on any atom is -0.817 e. The summed E-state index contributed by atoms with van der Waals surface area (Å²) in [6.45, 7) is 7.87. The van der Waals surface area contributed by atoms with Gasteiger partial charge < -0.3 is 10.6 Å². The van der Waals surface area contributed by atoms with E-state index < -0.39 is 6.26 Å². The van der Waals surface area contributed by atoms with Gasteiger partial charge in [-0.15, -0.1) is 11.8 Å². The average Bonchev–Trinajstić information content (AvgIpc) is 2.48. The summed E-state index contributed by atoms with van der Waals surface area (Å²) >= 11 is 5.20. The van der Waals surface area contributed by atoms with Crippen molar-refractivity contribution >= 4 is 23.4 Å². The fourth-order valence-electron chi connectivity index (χ4n) is 1.79. The number of benzene rings is 2. The van der Waals surface area contributed by atoms with Crippen LogP contribution in [0.2, 0.25) is 0 Å². The predicted molar refractivity (Wildman–Crippen MR) is 97.9 cm³/mol. The predicted octanol–water partition coefficient (Wildman–Crippen LogP) is 2.85. The van der Waals surface area contributed by atoms with Gasteiger partial charge in [-0.2, -0.15) is 0 Å². The second kappa shape index (κ2) is 8.03. The topological polar surface area (TPSA) is 50.7 Å². The number of quaternary nitrogens is 1. The Morgan fingerprint density at radius 3 is 1.68 bits per heavy atom. The van der Waals surface area contributed by atoms with Crippen molar-refractivity contribution in [3.8, 4) is 0 Å². The van der Waals surface area contributed by atoms with Crippen molar-refractivity contribution in [2.45, 2.75) is 38.9 Å². The monoisotopic (exact) mass is 335 g/mol. The maximum absolute atomic E-state index is 12.3. The molecule has 2 atom stereocenters. The Balaban J connectivity index is 0.000000235. The van der Waals surface area contributed by atoms with E-state index >= 15 is 0 Å². The van der Waals surface area contributed by atoms with Gasteiger partial charge in [0.05, 0.1) is 0 Å². The molecule has 0 radical (unpaired) electrons. The molecule has 120 valence electrons. The van der Waals surface area contributed by atoms with Crippen molar-refractivity contribution in [2.75, 3.05) is 0 Å². The van der Waals surface area contributed by atoms with Crippen LogP contribution in [0.15, 0.2) is 60.7 Å². The van der Waals surface area contributed by atoms with E-state index in [2.05, 4.69) is 24.8 Å². The van der Waals surface area contributed by atoms with Crippen LogP contribution in [0.4, 0.5) is 0 Å². The fraction of sp³-hybridized carbons (Fsp3) is 0.333. The zero-order valence-corrected chi connectivity index (χ0v) is 15.5. The van der Waals surface area contributed by atoms with E-state index in [4.69, 9.17) is 11.8 Å². The highest BCUT2D eigenvalue weighted by Crippen LogP contribution is 2.48. The first-order valence-electron chi connectivity index (χ1n) is 7.41. The standard InChI is InChI=1S/C10H15OPS.C8H11N/c1-10(2,3)12(11,13)9-7-5-4-6-8-9;1-7(9)8-5-3-2-4-6-8/h4-8H,1-3H3,(H,11,13);2-7H,9H2,1H3/t;7-/m.1/s1. The maximum atomic E-state index is 12.3. The lowest BCUT2D eigenvalue weighted by Gasteiger charge is -2.41. The third-order valence-corrected chi connectivity index (χ3v) is 8.37. The van der Waals surface area contributed by atoms with Crippen LogP contribution in [0.5, 0.6) is 0 Å². The van der Waals surface area contributed by atoms with Crippen molar-refractivity contribution in [2.24, 2.45) is 0 Å². The van der Waals surface area contributed by atoms with Crippen molar-refractivity contribution in [3.05, 3.63) is 66.2 Å². The Morgan fingerprint density at radius 1 is 0.955 bits per heavy atom. The lowest BCUT2D eigenvalue weighted by atomic mass is 10.1. The Kier molecular flexibility index (Phi) is 6.96. The fourth-order valence-corrected chi connectivity index (χ4v) is 3.50. The summed E-state index contributed by atoms with van der Waals surface area (Å²) in [5.74, 6) is 0. The second-order valence-corrected chi connectivity index (χ2v) is 10.9. The lowest BCUT2D eigenvalue weighted by Crippen LogP contribution is -2.51. The maximum Gasteiger partial charge on any atom is 0.107 e. The quantitative estimate of drug-likeness (QED) is 0.858. The molecule has 0 aliphatic carbocycles. The zero-order chi connectivity index (χ0) is 16.8. The molecule has 0 aliphatic rings. The van der Waals surface area contributed by atoms with Gasteiger partial charge in [-0.25, -0.2) is 0 Å². The number of hydrogen-bond acceptors (Lipinski definition) is 2. The Hall–Kier alpha value is -0.990. The van der Waals surface area contributed by atoms with Crippen LogP contribution >= 0.6 is 6.26 Å². The third kappa shape index (κ3) is 5.33. The van der Waals surface area contributed by atoms with Crippen LogP contribution in [0.3, 0.4) is 0 Å². The largest absolute Gasteiger partial charge is 0.817 e. The molecule has 0 spiro atoms. The van der Waals surface area contributed by atoms with E-state index in [1.54, 1.807) is 0 Å². The average molecular weight is 335 g/mol. The lowest BCUT2D eigenvalue weighted by molar-refractivity contribution is -0.420. The van der Waals surface area contributed by atoms with Crippen molar-refractivity contribution in [3.63, 3.8) is 0 Å². The summed E-state index contributed by atoms with van der Waals surface area (Å²) < 4.78 is 0. The summed E-state index contributed by atoms with van der Waals surface area (Å²) in [6, 6.07) is 20.0. The SMILES string of the molecule is CC(C)(C)P([O-])(=S)c1ccccc1.C[C@@H]([NH3+])c1ccccc1. The Labute approximate surface area is 139 Å². The molecular weight excluding hydrogens is 309 g/mol. The van der Waals surface area contributed by atoms with E-state index in [-0.39, 0.29) is 5.16 Å². The van der Waals surface area contributed by atoms with Crippen LogP contribution in [0.25, 0.3) is 0 Å². The number of hydrogen-bond donors (Lipinski definition) is 1. The number of rotatable bonds is 2. The minimum atomic E-state index is -2.65. The highest BCUT2D eigenvalue weighted by atomic mass is 32.4. The van der Waals surface area contributed by atoms with Crippen LogP contribution in [-0.4, -0.2) is 5.16 Å². The molecule has 2 nitrogen and oxygen atoms in total. The van der Waals surface area contributed by atoms with Gasteiger partial charge in [0.25, 0.3) is 0 Å². The molecule has 0 aliphatic heterocycles. The van der Waals surface area contributed by atoms with E-state index in [0.717, 1.165) is 5.30 Å². The van der Waals surface area contributed by atoms with Gasteiger partial charge in [-0.05, 0) is 17.4 Å². The van der Waals surface area contributed by atoms with Crippen molar-refractivity contribution < 1.29 is 10.6 Å². The highest BCUT2D eigenvalue weighted by Gasteiger charge is 2.22. The summed E-state index contributed by atoms with van der Waals surface area (Å²) in [7, 11) is 0. The molecule has 22 heavy (non-hydrogen) atoms. The molecular formula is C18H26NOPS. The van der Waals surface area contributed by atoms with E-state index in [9.17, 15) is 4.89 Å². The molecule has 0 saturated heterocycles. The molecule has 1 unspecified atom stereocenters. The van der Waals surface area contributed by atoms with Crippen LogP contribution in [0.1, 0.15) is 39.3 Å². The van der Waals surface area contributed by atoms with E-state index in [1.807, 2.05) is 69.3 Å². The zero-order valence-electron chi connectivity index (χ0n) is 13.8. The Bertz CT molecular complexity index is 606.